The smallest absolute Gasteiger partial charge is 0.305 e. The number of hydrogen-bond donors (Lipinski definition) is 0. The summed E-state index contributed by atoms with van der Waals surface area (Å²) in [5.41, 5.74) is 0. The first-order valence-electron chi connectivity index (χ1n) is 3.22. The molecule has 0 N–H and O–H groups in total. The third kappa shape index (κ3) is 0.506. The molecule has 0 amide bonds. The minimum absolute atomic E-state index is 0.119. The lowest BCUT2D eigenvalue weighted by molar-refractivity contribution is -0.137. The summed E-state index contributed by atoms with van der Waals surface area (Å²) in [6.07, 6.45) is -3.13. The molecule has 6 heavy (non-hydrogen) atoms. The number of carbonyl (C=O) groups excluding carboxylic acids is 1. The zero-order valence-corrected chi connectivity index (χ0v) is 3.10. The predicted molar refractivity (Wildman–Crippen MR) is 20.2 cm³/mol. The van der Waals surface area contributed by atoms with E-state index in [9.17, 15) is 4.79 Å². The van der Waals surface area contributed by atoms with Gasteiger partial charge in [-0.15, -0.1) is 0 Å². The van der Waals surface area contributed by atoms with Crippen molar-refractivity contribution < 1.29 is 13.6 Å². The van der Waals surface area contributed by atoms with E-state index < -0.39 is 18.7 Å². The summed E-state index contributed by atoms with van der Waals surface area (Å²) in [7, 11) is 0. The van der Waals surface area contributed by atoms with Crippen LogP contribution in [0.1, 0.15) is 16.9 Å². The highest BCUT2D eigenvalue weighted by Gasteiger charge is 2.08. The Morgan fingerprint density at radius 1 is 2.00 bits per heavy atom. The molecule has 1 fully saturated rings. The van der Waals surface area contributed by atoms with Gasteiger partial charge >= 0.3 is 5.97 Å². The standard InChI is InChI=1S/C4H6O2/c5-4-2-1-3-6-4/h1-3H2/i1D,2D2. The summed E-state index contributed by atoms with van der Waals surface area (Å²) >= 11 is 0. The van der Waals surface area contributed by atoms with E-state index >= 15 is 0 Å². The van der Waals surface area contributed by atoms with Crippen molar-refractivity contribution in [3.63, 3.8) is 0 Å². The highest BCUT2D eigenvalue weighted by molar-refractivity contribution is 5.70. The number of hydrogen-bond acceptors (Lipinski definition) is 2. The van der Waals surface area contributed by atoms with Gasteiger partial charge in [-0.2, -0.15) is 0 Å². The van der Waals surface area contributed by atoms with Gasteiger partial charge < -0.3 is 4.74 Å². The van der Waals surface area contributed by atoms with Crippen LogP contribution in [0.2, 0.25) is 0 Å². The number of esters is 1. The van der Waals surface area contributed by atoms with Gasteiger partial charge in [-0.3, -0.25) is 4.79 Å². The Hall–Kier alpha value is -0.530. The third-order valence-electron chi connectivity index (χ3n) is 0.518. The van der Waals surface area contributed by atoms with Crippen LogP contribution in [0, 0.1) is 0 Å². The van der Waals surface area contributed by atoms with Gasteiger partial charge in [0.25, 0.3) is 0 Å². The van der Waals surface area contributed by atoms with Gasteiger partial charge in [0.1, 0.15) is 0 Å². The summed E-state index contributed by atoms with van der Waals surface area (Å²) in [5, 5.41) is 0. The van der Waals surface area contributed by atoms with E-state index in [1.54, 1.807) is 0 Å². The maximum absolute atomic E-state index is 10.4. The summed E-state index contributed by atoms with van der Waals surface area (Å²) in [5.74, 6) is -0.914. The number of rotatable bonds is 0. The van der Waals surface area contributed by atoms with E-state index in [2.05, 4.69) is 4.74 Å². The maximum atomic E-state index is 10.4. The Morgan fingerprint density at radius 3 is 3.00 bits per heavy atom. The van der Waals surface area contributed by atoms with Crippen molar-refractivity contribution in [2.75, 3.05) is 6.61 Å². The van der Waals surface area contributed by atoms with Crippen LogP contribution in [-0.2, 0) is 9.53 Å². The molecule has 0 aromatic heterocycles. The topological polar surface area (TPSA) is 26.3 Å². The van der Waals surface area contributed by atoms with Crippen molar-refractivity contribution in [1.82, 2.24) is 0 Å². The second kappa shape index (κ2) is 1.29. The molecule has 1 rings (SSSR count). The summed E-state index contributed by atoms with van der Waals surface area (Å²) in [6, 6.07) is 0. The van der Waals surface area contributed by atoms with Crippen LogP contribution < -0.4 is 0 Å². The average molecular weight is 89.1 g/mol. The van der Waals surface area contributed by atoms with Crippen LogP contribution >= 0.6 is 0 Å². The van der Waals surface area contributed by atoms with Crippen LogP contribution in [0.4, 0.5) is 0 Å². The van der Waals surface area contributed by atoms with Crippen LogP contribution in [0.3, 0.4) is 0 Å². The van der Waals surface area contributed by atoms with Gasteiger partial charge in [0.2, 0.25) is 0 Å². The third-order valence-corrected chi connectivity index (χ3v) is 0.518. The molecule has 2 nitrogen and oxygen atoms in total. The molecule has 0 spiro atoms. The highest BCUT2D eigenvalue weighted by Crippen LogP contribution is 2.01. The molecule has 34 valence electrons. The SMILES string of the molecule is [2H]C1COC(=O)C1([2H])[2H]. The fourth-order valence-electron chi connectivity index (χ4n) is 0.284. The molecule has 0 bridgehead atoms. The normalized spacial score (nSPS) is 49.0. The van der Waals surface area contributed by atoms with E-state index in [0.717, 1.165) is 0 Å². The van der Waals surface area contributed by atoms with Crippen molar-refractivity contribution in [2.24, 2.45) is 0 Å². The van der Waals surface area contributed by atoms with Gasteiger partial charge in [0.05, 0.1) is 6.61 Å². The quantitative estimate of drug-likeness (QED) is 0.399. The molecular formula is C4H6O2. The lowest BCUT2D eigenvalue weighted by Crippen LogP contribution is -1.88. The van der Waals surface area contributed by atoms with Gasteiger partial charge in [0.15, 0.2) is 0 Å². The fourth-order valence-corrected chi connectivity index (χ4v) is 0.284. The Balaban J connectivity index is 2.78. The largest absolute Gasteiger partial charge is 0.466 e. The van der Waals surface area contributed by atoms with E-state index in [1.807, 2.05) is 0 Å². The molecule has 2 heteroatoms. The molecule has 0 aromatic rings. The maximum Gasteiger partial charge on any atom is 0.305 e. The zero-order valence-electron chi connectivity index (χ0n) is 6.10. The lowest BCUT2D eigenvalue weighted by atomic mass is 10.4. The van der Waals surface area contributed by atoms with Crippen molar-refractivity contribution >= 4 is 5.97 Å². The zero-order chi connectivity index (χ0) is 7.07. The molecule has 0 saturated carbocycles. The van der Waals surface area contributed by atoms with E-state index in [0.29, 0.717) is 0 Å². The van der Waals surface area contributed by atoms with Crippen LogP contribution in [0.25, 0.3) is 0 Å². The minimum Gasteiger partial charge on any atom is -0.466 e. The first-order chi connectivity index (χ1) is 4.05. The molecule has 1 aliphatic rings. The molecule has 1 unspecified atom stereocenters. The number of ether oxygens (including phenoxy) is 1. The van der Waals surface area contributed by atoms with E-state index in [4.69, 9.17) is 4.11 Å². The molecular weight excluding hydrogens is 80.0 g/mol. The van der Waals surface area contributed by atoms with Crippen LogP contribution in [-0.4, -0.2) is 12.6 Å². The van der Waals surface area contributed by atoms with E-state index in [-0.39, 0.29) is 6.61 Å². The Labute approximate surface area is 40.3 Å². The first-order valence-corrected chi connectivity index (χ1v) is 1.64. The van der Waals surface area contributed by atoms with Crippen LogP contribution in [0.15, 0.2) is 0 Å². The van der Waals surface area contributed by atoms with E-state index in [1.165, 1.54) is 0 Å². The fraction of sp³-hybridized carbons (Fsp3) is 0.750. The second-order valence-corrected chi connectivity index (χ2v) is 0.947. The number of carbonyl (C=O) groups is 1. The summed E-state index contributed by atoms with van der Waals surface area (Å²) in [4.78, 5) is 10.4. The molecule has 0 radical (unpaired) electrons. The summed E-state index contributed by atoms with van der Waals surface area (Å²) < 4.78 is 25.0. The first kappa shape index (κ1) is 1.52. The van der Waals surface area contributed by atoms with Gasteiger partial charge in [-0.1, -0.05) is 0 Å². The summed E-state index contributed by atoms with van der Waals surface area (Å²) in [6.45, 7) is -0.119. The molecule has 1 saturated heterocycles. The molecule has 1 atom stereocenters. The average Bonchev–Trinajstić information content (AvgIpc) is 1.96. The van der Waals surface area contributed by atoms with Crippen molar-refractivity contribution in [3.8, 4) is 0 Å². The highest BCUT2D eigenvalue weighted by atomic mass is 16.5. The van der Waals surface area contributed by atoms with Gasteiger partial charge in [0, 0.05) is 10.5 Å². The van der Waals surface area contributed by atoms with Gasteiger partial charge in [-0.05, 0) is 6.40 Å². The Bertz CT molecular complexity index is 145. The van der Waals surface area contributed by atoms with Crippen molar-refractivity contribution in [2.45, 2.75) is 12.8 Å². The molecule has 1 aliphatic heterocycles. The Morgan fingerprint density at radius 2 is 2.83 bits per heavy atom. The molecule has 0 aromatic carbocycles. The van der Waals surface area contributed by atoms with Crippen molar-refractivity contribution in [1.29, 1.82) is 0 Å². The second-order valence-electron chi connectivity index (χ2n) is 0.947. The van der Waals surface area contributed by atoms with Crippen molar-refractivity contribution in [3.05, 3.63) is 0 Å². The molecule has 0 aliphatic carbocycles. The lowest BCUT2D eigenvalue weighted by Gasteiger charge is -1.81. The minimum atomic E-state index is -2.08. The van der Waals surface area contributed by atoms with Crippen LogP contribution in [0.5, 0.6) is 0 Å². The number of cyclic esters (lactones) is 1. The predicted octanol–water partition coefficient (Wildman–Crippen LogP) is 0.323. The Kier molecular flexibility index (Phi) is 0.326. The van der Waals surface area contributed by atoms with Gasteiger partial charge in [-0.25, -0.2) is 0 Å². The molecule has 1 heterocycles. The monoisotopic (exact) mass is 89.1 g/mol.